The van der Waals surface area contributed by atoms with Crippen molar-refractivity contribution in [3.05, 3.63) is 46.6 Å². The standard InChI is InChI=1S/C20H27N7OS/c1-2-21-20(22-12-18-24-19(26-25-18)17-4-3-10-28-17)23-16-5-8-27(9-6-16)13-15-7-11-29-14-15/h3-4,7,10-11,14,16H,2,5-6,8-9,12-13H2,1H3,(H2,21,22,23)(H,24,25,26). The van der Waals surface area contributed by atoms with Crippen molar-refractivity contribution in [3.63, 3.8) is 0 Å². The molecule has 29 heavy (non-hydrogen) atoms. The topological polar surface area (TPSA) is 94.4 Å². The van der Waals surface area contributed by atoms with E-state index in [1.807, 2.05) is 12.1 Å². The van der Waals surface area contributed by atoms with Crippen molar-refractivity contribution in [1.82, 2.24) is 30.7 Å². The van der Waals surface area contributed by atoms with Gasteiger partial charge >= 0.3 is 0 Å². The molecular formula is C20H27N7OS. The van der Waals surface area contributed by atoms with Crippen molar-refractivity contribution in [3.8, 4) is 11.6 Å². The van der Waals surface area contributed by atoms with E-state index in [4.69, 9.17) is 4.42 Å². The number of H-pyrrole nitrogens is 1. The molecule has 9 heteroatoms. The van der Waals surface area contributed by atoms with Crippen LogP contribution in [0.15, 0.2) is 44.6 Å². The van der Waals surface area contributed by atoms with Crippen LogP contribution in [0.4, 0.5) is 0 Å². The number of piperidine rings is 1. The summed E-state index contributed by atoms with van der Waals surface area (Å²) in [5, 5.41) is 18.4. The molecule has 3 aromatic heterocycles. The molecule has 3 aromatic rings. The van der Waals surface area contributed by atoms with Crippen molar-refractivity contribution in [2.45, 2.75) is 38.9 Å². The normalized spacial score (nSPS) is 16.2. The van der Waals surface area contributed by atoms with Crippen LogP contribution >= 0.6 is 11.3 Å². The van der Waals surface area contributed by atoms with Crippen molar-refractivity contribution >= 4 is 17.3 Å². The van der Waals surface area contributed by atoms with Gasteiger partial charge in [-0.05, 0) is 54.3 Å². The molecule has 8 nitrogen and oxygen atoms in total. The highest BCUT2D eigenvalue weighted by atomic mass is 32.1. The third kappa shape index (κ3) is 5.45. The first-order valence-corrected chi connectivity index (χ1v) is 11.0. The quantitative estimate of drug-likeness (QED) is 0.407. The molecule has 4 rings (SSSR count). The van der Waals surface area contributed by atoms with Crippen LogP contribution in [0.1, 0.15) is 31.2 Å². The van der Waals surface area contributed by atoms with Gasteiger partial charge in [-0.1, -0.05) is 0 Å². The molecule has 0 aliphatic carbocycles. The predicted octanol–water partition coefficient (Wildman–Crippen LogP) is 2.85. The molecule has 0 aromatic carbocycles. The molecule has 154 valence electrons. The number of aromatic amines is 1. The third-order valence-corrected chi connectivity index (χ3v) is 5.65. The van der Waals surface area contributed by atoms with Gasteiger partial charge in [-0.25, -0.2) is 9.98 Å². The molecule has 3 N–H and O–H groups in total. The lowest BCUT2D eigenvalue weighted by atomic mass is 10.0. The van der Waals surface area contributed by atoms with Crippen LogP contribution in [-0.2, 0) is 13.1 Å². The molecule has 1 saturated heterocycles. The second-order valence-corrected chi connectivity index (χ2v) is 7.88. The minimum absolute atomic E-state index is 0.430. The number of rotatable bonds is 7. The highest BCUT2D eigenvalue weighted by molar-refractivity contribution is 7.07. The van der Waals surface area contributed by atoms with Gasteiger partial charge in [-0.3, -0.25) is 10.00 Å². The van der Waals surface area contributed by atoms with E-state index in [0.29, 0.717) is 30.0 Å². The van der Waals surface area contributed by atoms with Gasteiger partial charge in [0.2, 0.25) is 5.82 Å². The largest absolute Gasteiger partial charge is 0.461 e. The Labute approximate surface area is 174 Å². The fourth-order valence-corrected chi connectivity index (χ4v) is 4.09. The monoisotopic (exact) mass is 413 g/mol. The molecule has 1 aliphatic rings. The van der Waals surface area contributed by atoms with Crippen molar-refractivity contribution in [1.29, 1.82) is 0 Å². The lowest BCUT2D eigenvalue weighted by Gasteiger charge is -2.32. The van der Waals surface area contributed by atoms with Crippen molar-refractivity contribution in [2.24, 2.45) is 4.99 Å². The lowest BCUT2D eigenvalue weighted by Crippen LogP contribution is -2.48. The number of furan rings is 1. The van der Waals surface area contributed by atoms with Crippen molar-refractivity contribution < 1.29 is 4.42 Å². The molecule has 0 bridgehead atoms. The van der Waals surface area contributed by atoms with E-state index in [1.165, 1.54) is 5.56 Å². The van der Waals surface area contributed by atoms with E-state index < -0.39 is 0 Å². The molecule has 0 amide bonds. The second kappa shape index (κ2) is 9.71. The van der Waals surface area contributed by atoms with Gasteiger partial charge in [0, 0.05) is 32.2 Å². The van der Waals surface area contributed by atoms with Crippen LogP contribution in [-0.4, -0.2) is 51.7 Å². The van der Waals surface area contributed by atoms with Gasteiger partial charge in [0.25, 0.3) is 0 Å². The Bertz CT molecular complexity index is 880. The number of hydrogen-bond acceptors (Lipinski definition) is 6. The first-order chi connectivity index (χ1) is 14.3. The summed E-state index contributed by atoms with van der Waals surface area (Å²) in [6.45, 7) is 6.57. The first kappa shape index (κ1) is 19.7. The van der Waals surface area contributed by atoms with Gasteiger partial charge in [-0.2, -0.15) is 11.3 Å². The molecule has 0 radical (unpaired) electrons. The summed E-state index contributed by atoms with van der Waals surface area (Å²) in [6.07, 6.45) is 3.83. The summed E-state index contributed by atoms with van der Waals surface area (Å²) >= 11 is 1.77. The summed E-state index contributed by atoms with van der Waals surface area (Å²) in [7, 11) is 0. The molecule has 0 unspecified atom stereocenters. The van der Waals surface area contributed by atoms with Crippen LogP contribution in [0.25, 0.3) is 11.6 Å². The summed E-state index contributed by atoms with van der Waals surface area (Å²) in [5.74, 6) is 2.73. The molecule has 0 spiro atoms. The minimum Gasteiger partial charge on any atom is -0.461 e. The van der Waals surface area contributed by atoms with Crippen molar-refractivity contribution in [2.75, 3.05) is 19.6 Å². The summed E-state index contributed by atoms with van der Waals surface area (Å²) in [4.78, 5) is 11.6. The zero-order valence-electron chi connectivity index (χ0n) is 16.6. The summed E-state index contributed by atoms with van der Waals surface area (Å²) in [5.41, 5.74) is 1.41. The highest BCUT2D eigenvalue weighted by Crippen LogP contribution is 2.16. The van der Waals surface area contributed by atoms with Crippen LogP contribution in [0.2, 0.25) is 0 Å². The Balaban J connectivity index is 1.29. The zero-order chi connectivity index (χ0) is 19.9. The third-order valence-electron chi connectivity index (χ3n) is 4.92. The molecule has 1 aliphatic heterocycles. The predicted molar refractivity (Wildman–Crippen MR) is 115 cm³/mol. The van der Waals surface area contributed by atoms with Gasteiger partial charge in [0.05, 0.1) is 6.26 Å². The Hall–Kier alpha value is -2.65. The maximum atomic E-state index is 5.33. The van der Waals surface area contributed by atoms with E-state index in [2.05, 4.69) is 59.5 Å². The lowest BCUT2D eigenvalue weighted by molar-refractivity contribution is 0.198. The molecule has 1 fully saturated rings. The molecule has 0 atom stereocenters. The van der Waals surface area contributed by atoms with Crippen LogP contribution in [0.3, 0.4) is 0 Å². The first-order valence-electron chi connectivity index (χ1n) is 10.0. The number of nitrogens with zero attached hydrogens (tertiary/aromatic N) is 4. The van der Waals surface area contributed by atoms with Gasteiger partial charge in [0.15, 0.2) is 11.7 Å². The van der Waals surface area contributed by atoms with E-state index in [1.54, 1.807) is 17.6 Å². The fraction of sp³-hybridized carbons (Fsp3) is 0.450. The van der Waals surface area contributed by atoms with Crippen LogP contribution in [0.5, 0.6) is 0 Å². The zero-order valence-corrected chi connectivity index (χ0v) is 17.4. The van der Waals surface area contributed by atoms with Gasteiger partial charge in [-0.15, -0.1) is 5.10 Å². The maximum absolute atomic E-state index is 5.33. The number of aliphatic imine (C=N–C) groups is 1. The van der Waals surface area contributed by atoms with E-state index >= 15 is 0 Å². The van der Waals surface area contributed by atoms with E-state index in [0.717, 1.165) is 45.0 Å². The number of aromatic nitrogens is 3. The number of nitrogens with one attached hydrogen (secondary N) is 3. The Morgan fingerprint density at radius 3 is 3.00 bits per heavy atom. The van der Waals surface area contributed by atoms with E-state index in [9.17, 15) is 0 Å². The van der Waals surface area contributed by atoms with Crippen LogP contribution < -0.4 is 10.6 Å². The minimum atomic E-state index is 0.430. The summed E-state index contributed by atoms with van der Waals surface area (Å²) < 4.78 is 5.33. The van der Waals surface area contributed by atoms with E-state index in [-0.39, 0.29) is 0 Å². The maximum Gasteiger partial charge on any atom is 0.216 e. The number of thiophene rings is 1. The number of guanidine groups is 1. The number of likely N-dealkylation sites (tertiary alicyclic amines) is 1. The Morgan fingerprint density at radius 2 is 2.28 bits per heavy atom. The molecular weight excluding hydrogens is 386 g/mol. The van der Waals surface area contributed by atoms with Crippen LogP contribution in [0, 0.1) is 0 Å². The molecule has 4 heterocycles. The van der Waals surface area contributed by atoms with Gasteiger partial charge in [0.1, 0.15) is 12.4 Å². The second-order valence-electron chi connectivity index (χ2n) is 7.10. The molecule has 0 saturated carbocycles. The highest BCUT2D eigenvalue weighted by Gasteiger charge is 2.20. The average molecular weight is 414 g/mol. The Morgan fingerprint density at radius 1 is 1.38 bits per heavy atom. The fourth-order valence-electron chi connectivity index (χ4n) is 3.43. The van der Waals surface area contributed by atoms with Gasteiger partial charge < -0.3 is 15.1 Å². The smallest absolute Gasteiger partial charge is 0.216 e. The summed E-state index contributed by atoms with van der Waals surface area (Å²) in [6, 6.07) is 6.31. The Kier molecular flexibility index (Phi) is 6.58. The SMILES string of the molecule is CCNC(=NCc1nc(-c2ccco2)n[nH]1)NC1CCN(Cc2ccsc2)CC1. The average Bonchev–Trinajstić information content (AvgIpc) is 3.50. The number of hydrogen-bond donors (Lipinski definition) is 3.